The summed E-state index contributed by atoms with van der Waals surface area (Å²) >= 11 is 11.2. The quantitative estimate of drug-likeness (QED) is 0.744. The third-order valence-electron chi connectivity index (χ3n) is 2.98. The lowest BCUT2D eigenvalue weighted by Gasteiger charge is -2.20. The fraction of sp³-hybridized carbons (Fsp3) is 0.333. The molecule has 0 amide bonds. The Bertz CT molecular complexity index is 573. The van der Waals surface area contributed by atoms with Crippen molar-refractivity contribution in [1.82, 2.24) is 5.32 Å². The van der Waals surface area contributed by atoms with Crippen LogP contribution in [0.1, 0.15) is 29.8 Å². The van der Waals surface area contributed by atoms with Gasteiger partial charge < -0.3 is 10.1 Å². The summed E-state index contributed by atoms with van der Waals surface area (Å²) in [6.07, 6.45) is 1.08. The van der Waals surface area contributed by atoms with Crippen LogP contribution in [0.4, 0.5) is 0 Å². The van der Waals surface area contributed by atoms with E-state index in [1.165, 1.54) is 4.88 Å². The van der Waals surface area contributed by atoms with Crippen LogP contribution in [0.5, 0.6) is 5.75 Å². The minimum Gasteiger partial charge on any atom is -0.496 e. The van der Waals surface area contributed by atoms with Crippen LogP contribution < -0.4 is 10.1 Å². The van der Waals surface area contributed by atoms with Gasteiger partial charge in [-0.2, -0.15) is 0 Å². The van der Waals surface area contributed by atoms with Gasteiger partial charge in [0.05, 0.1) is 17.5 Å². The molecule has 20 heavy (non-hydrogen) atoms. The van der Waals surface area contributed by atoms with Crippen molar-refractivity contribution >= 4 is 38.9 Å². The average molecular weight is 375 g/mol. The van der Waals surface area contributed by atoms with E-state index in [1.54, 1.807) is 18.4 Å². The summed E-state index contributed by atoms with van der Waals surface area (Å²) in [5, 5.41) is 3.57. The zero-order chi connectivity index (χ0) is 14.5. The van der Waals surface area contributed by atoms with Crippen molar-refractivity contribution < 1.29 is 4.74 Å². The average Bonchev–Trinajstić information content (AvgIpc) is 2.86. The largest absolute Gasteiger partial charge is 0.496 e. The van der Waals surface area contributed by atoms with Crippen LogP contribution in [-0.2, 0) is 0 Å². The van der Waals surface area contributed by atoms with Crippen molar-refractivity contribution in [2.75, 3.05) is 13.7 Å². The number of thiophene rings is 1. The van der Waals surface area contributed by atoms with Crippen LogP contribution in [0.2, 0.25) is 4.34 Å². The van der Waals surface area contributed by atoms with Crippen LogP contribution in [0.15, 0.2) is 34.8 Å². The van der Waals surface area contributed by atoms with Gasteiger partial charge in [-0.25, -0.2) is 0 Å². The highest BCUT2D eigenvalue weighted by Gasteiger charge is 2.19. The molecule has 2 rings (SSSR count). The molecule has 0 bridgehead atoms. The number of benzene rings is 1. The lowest BCUT2D eigenvalue weighted by Crippen LogP contribution is -2.23. The van der Waals surface area contributed by atoms with Gasteiger partial charge >= 0.3 is 0 Å². The second kappa shape index (κ2) is 7.46. The van der Waals surface area contributed by atoms with E-state index in [1.807, 2.05) is 18.2 Å². The maximum Gasteiger partial charge on any atom is 0.124 e. The Morgan fingerprint density at radius 1 is 1.35 bits per heavy atom. The summed E-state index contributed by atoms with van der Waals surface area (Å²) in [6, 6.07) is 10.2. The number of ether oxygens (including phenoxy) is 1. The van der Waals surface area contributed by atoms with E-state index in [4.69, 9.17) is 16.3 Å². The van der Waals surface area contributed by atoms with Gasteiger partial charge in [0.25, 0.3) is 0 Å². The number of rotatable bonds is 6. The monoisotopic (exact) mass is 373 g/mol. The zero-order valence-corrected chi connectivity index (χ0v) is 14.6. The highest BCUT2D eigenvalue weighted by atomic mass is 79.9. The Morgan fingerprint density at radius 3 is 2.75 bits per heavy atom. The summed E-state index contributed by atoms with van der Waals surface area (Å²) in [4.78, 5) is 1.19. The molecule has 0 radical (unpaired) electrons. The Morgan fingerprint density at radius 2 is 2.15 bits per heavy atom. The van der Waals surface area contributed by atoms with Crippen LogP contribution >= 0.6 is 38.9 Å². The fourth-order valence-corrected chi connectivity index (χ4v) is 3.60. The maximum absolute atomic E-state index is 6.08. The van der Waals surface area contributed by atoms with Crippen molar-refractivity contribution in [3.63, 3.8) is 0 Å². The minimum atomic E-state index is 0.0971. The number of halogens is 2. The number of methoxy groups -OCH3 is 1. The molecule has 0 aliphatic heterocycles. The smallest absolute Gasteiger partial charge is 0.124 e. The molecule has 2 aromatic rings. The van der Waals surface area contributed by atoms with Crippen molar-refractivity contribution in [1.29, 1.82) is 0 Å². The minimum absolute atomic E-state index is 0.0971. The van der Waals surface area contributed by atoms with Crippen molar-refractivity contribution in [3.05, 3.63) is 49.6 Å². The molecule has 1 aromatic heterocycles. The lowest BCUT2D eigenvalue weighted by molar-refractivity contribution is 0.404. The molecule has 0 saturated heterocycles. The molecule has 0 spiro atoms. The predicted molar refractivity (Wildman–Crippen MR) is 90.2 cm³/mol. The topological polar surface area (TPSA) is 21.3 Å². The molecule has 0 saturated carbocycles. The van der Waals surface area contributed by atoms with Crippen LogP contribution in [-0.4, -0.2) is 13.7 Å². The summed E-state index contributed by atoms with van der Waals surface area (Å²) in [6.45, 7) is 3.10. The number of hydrogen-bond acceptors (Lipinski definition) is 3. The first-order chi connectivity index (χ1) is 9.65. The van der Waals surface area contributed by atoms with Crippen molar-refractivity contribution in [3.8, 4) is 5.75 Å². The Labute approximate surface area is 137 Å². The van der Waals surface area contributed by atoms with Crippen LogP contribution in [0.3, 0.4) is 0 Å². The van der Waals surface area contributed by atoms with Gasteiger partial charge in [-0.05, 0) is 43.3 Å². The fourth-order valence-electron chi connectivity index (χ4n) is 2.07. The molecule has 0 fully saturated rings. The van der Waals surface area contributed by atoms with E-state index in [0.717, 1.165) is 33.1 Å². The third kappa shape index (κ3) is 3.76. The highest BCUT2D eigenvalue weighted by molar-refractivity contribution is 9.10. The van der Waals surface area contributed by atoms with E-state index in [-0.39, 0.29) is 6.04 Å². The van der Waals surface area contributed by atoms with Gasteiger partial charge in [0.2, 0.25) is 0 Å². The van der Waals surface area contributed by atoms with Gasteiger partial charge in [-0.3, -0.25) is 0 Å². The zero-order valence-electron chi connectivity index (χ0n) is 11.5. The van der Waals surface area contributed by atoms with Gasteiger partial charge in [0.15, 0.2) is 0 Å². The summed E-state index contributed by atoms with van der Waals surface area (Å²) in [5.74, 6) is 0.881. The standard InChI is InChI=1S/C15H17BrClNOS/c1-3-8-18-15(13-6-7-14(17)20-13)11-9-10(16)4-5-12(11)19-2/h4-7,9,15,18H,3,8H2,1-2H3. The molecule has 1 atom stereocenters. The van der Waals surface area contributed by atoms with Crippen molar-refractivity contribution in [2.24, 2.45) is 0 Å². The molecular weight excluding hydrogens is 358 g/mol. The summed E-state index contributed by atoms with van der Waals surface area (Å²) < 4.78 is 7.34. The molecule has 0 aliphatic carbocycles. The maximum atomic E-state index is 6.08. The van der Waals surface area contributed by atoms with Gasteiger partial charge in [0, 0.05) is 14.9 Å². The first-order valence-electron chi connectivity index (χ1n) is 6.47. The molecular formula is C15H17BrClNOS. The first kappa shape index (κ1) is 15.8. The van der Waals surface area contributed by atoms with Crippen LogP contribution in [0, 0.1) is 0 Å². The predicted octanol–water partition coefficient (Wildman–Crippen LogP) is 5.26. The van der Waals surface area contributed by atoms with Crippen molar-refractivity contribution in [2.45, 2.75) is 19.4 Å². The molecule has 2 nitrogen and oxygen atoms in total. The second-order valence-electron chi connectivity index (χ2n) is 4.42. The van der Waals surface area contributed by atoms with Gasteiger partial charge in [-0.15, -0.1) is 11.3 Å². The Kier molecular flexibility index (Phi) is 5.90. The van der Waals surface area contributed by atoms with Gasteiger partial charge in [-0.1, -0.05) is 34.5 Å². The lowest BCUT2D eigenvalue weighted by atomic mass is 10.0. The summed E-state index contributed by atoms with van der Waals surface area (Å²) in [5.41, 5.74) is 1.12. The molecule has 1 heterocycles. The normalized spacial score (nSPS) is 12.4. The number of hydrogen-bond donors (Lipinski definition) is 1. The SMILES string of the molecule is CCCNC(c1ccc(Cl)s1)c1cc(Br)ccc1OC. The second-order valence-corrected chi connectivity index (χ2v) is 7.08. The Hall–Kier alpha value is -0.550. The van der Waals surface area contributed by atoms with E-state index in [0.29, 0.717) is 0 Å². The Balaban J connectivity index is 2.42. The van der Waals surface area contributed by atoms with Crippen LogP contribution in [0.25, 0.3) is 0 Å². The van der Waals surface area contributed by atoms with E-state index in [2.05, 4.69) is 40.3 Å². The van der Waals surface area contributed by atoms with Gasteiger partial charge in [0.1, 0.15) is 5.75 Å². The third-order valence-corrected chi connectivity index (χ3v) is 4.77. The molecule has 108 valence electrons. The molecule has 0 aliphatic rings. The molecule has 1 N–H and O–H groups in total. The molecule has 5 heteroatoms. The summed E-state index contributed by atoms with van der Waals surface area (Å²) in [7, 11) is 1.70. The van der Waals surface area contributed by atoms with E-state index >= 15 is 0 Å². The number of nitrogens with one attached hydrogen (secondary N) is 1. The van der Waals surface area contributed by atoms with E-state index < -0.39 is 0 Å². The molecule has 1 aromatic carbocycles. The van der Waals surface area contributed by atoms with E-state index in [9.17, 15) is 0 Å². The first-order valence-corrected chi connectivity index (χ1v) is 8.46. The highest BCUT2D eigenvalue weighted by Crippen LogP contribution is 2.36. The molecule has 1 unspecified atom stereocenters.